The number of ether oxygens (including phenoxy) is 1. The van der Waals surface area contributed by atoms with Gasteiger partial charge in [-0.1, -0.05) is 6.92 Å². The van der Waals surface area contributed by atoms with Gasteiger partial charge in [-0.05, 0) is 27.3 Å². The number of nitrogens with one attached hydrogen (secondary N) is 1. The summed E-state index contributed by atoms with van der Waals surface area (Å²) in [6, 6.07) is 0.272. The van der Waals surface area contributed by atoms with Gasteiger partial charge in [0.15, 0.2) is 0 Å². The molecule has 0 spiro atoms. The highest BCUT2D eigenvalue weighted by atomic mass is 16.5. The zero-order valence-corrected chi connectivity index (χ0v) is 11.7. The summed E-state index contributed by atoms with van der Waals surface area (Å²) in [7, 11) is 4.01. The van der Waals surface area contributed by atoms with Gasteiger partial charge in [0.25, 0.3) is 0 Å². The molecule has 2 unspecified atom stereocenters. The summed E-state index contributed by atoms with van der Waals surface area (Å²) in [5, 5.41) is 3.37. The van der Waals surface area contributed by atoms with Crippen LogP contribution in [0.25, 0.3) is 0 Å². The fraction of sp³-hybridized carbons (Fsp3) is 0.769. The highest BCUT2D eigenvalue weighted by Gasteiger charge is 2.33. The van der Waals surface area contributed by atoms with E-state index in [2.05, 4.69) is 28.7 Å². The predicted molar refractivity (Wildman–Crippen MR) is 70.1 cm³/mol. The third-order valence-corrected chi connectivity index (χ3v) is 3.57. The molecule has 1 rings (SSSR count). The molecule has 0 amide bonds. The Bertz CT molecular complexity index is 337. The first-order valence-electron chi connectivity index (χ1n) is 6.34. The molecule has 0 radical (unpaired) electrons. The SMILES string of the molecule is CCOC(C)(CC)C(Cc1nccn1C)NC. The van der Waals surface area contributed by atoms with Crippen LogP contribution >= 0.6 is 0 Å². The van der Waals surface area contributed by atoms with Crippen LogP contribution in [0.1, 0.15) is 33.0 Å². The number of aryl methyl sites for hydroxylation is 1. The maximum absolute atomic E-state index is 5.92. The van der Waals surface area contributed by atoms with Crippen molar-refractivity contribution in [2.45, 2.75) is 45.3 Å². The van der Waals surface area contributed by atoms with Gasteiger partial charge in [-0.3, -0.25) is 0 Å². The summed E-state index contributed by atoms with van der Waals surface area (Å²) in [6.45, 7) is 7.11. The van der Waals surface area contributed by atoms with Crippen LogP contribution in [0.5, 0.6) is 0 Å². The Kier molecular flexibility index (Phi) is 5.15. The van der Waals surface area contributed by atoms with Crippen LogP contribution in [-0.2, 0) is 18.2 Å². The maximum atomic E-state index is 5.92. The minimum absolute atomic E-state index is 0.143. The van der Waals surface area contributed by atoms with Crippen LogP contribution in [0.2, 0.25) is 0 Å². The second-order valence-corrected chi connectivity index (χ2v) is 4.60. The lowest BCUT2D eigenvalue weighted by molar-refractivity contribution is -0.0539. The van der Waals surface area contributed by atoms with Crippen molar-refractivity contribution in [3.8, 4) is 0 Å². The van der Waals surface area contributed by atoms with Crippen LogP contribution < -0.4 is 5.32 Å². The number of aromatic nitrogens is 2. The second-order valence-electron chi connectivity index (χ2n) is 4.60. The molecule has 4 heteroatoms. The molecule has 17 heavy (non-hydrogen) atoms. The third-order valence-electron chi connectivity index (χ3n) is 3.57. The second kappa shape index (κ2) is 6.17. The van der Waals surface area contributed by atoms with Gasteiger partial charge in [0.2, 0.25) is 0 Å². The fourth-order valence-electron chi connectivity index (χ4n) is 2.18. The summed E-state index contributed by atoms with van der Waals surface area (Å²) in [4.78, 5) is 4.38. The Morgan fingerprint density at radius 3 is 2.65 bits per heavy atom. The van der Waals surface area contributed by atoms with Crippen LogP contribution in [0.4, 0.5) is 0 Å². The molecule has 0 saturated heterocycles. The molecule has 1 heterocycles. The van der Waals surface area contributed by atoms with Crippen LogP contribution in [0.3, 0.4) is 0 Å². The van der Waals surface area contributed by atoms with Gasteiger partial charge in [-0.2, -0.15) is 0 Å². The number of likely N-dealkylation sites (N-methyl/N-ethyl adjacent to an activating group) is 1. The molecular formula is C13H25N3O. The molecule has 1 N–H and O–H groups in total. The highest BCUT2D eigenvalue weighted by molar-refractivity contribution is 5.00. The topological polar surface area (TPSA) is 39.1 Å². The molecule has 98 valence electrons. The fourth-order valence-corrected chi connectivity index (χ4v) is 2.18. The monoisotopic (exact) mass is 239 g/mol. The van der Waals surface area contributed by atoms with E-state index >= 15 is 0 Å². The Morgan fingerprint density at radius 2 is 2.24 bits per heavy atom. The Labute approximate surface area is 104 Å². The van der Waals surface area contributed by atoms with Gasteiger partial charge < -0.3 is 14.6 Å². The summed E-state index contributed by atoms with van der Waals surface area (Å²) in [6.07, 6.45) is 5.68. The van der Waals surface area contributed by atoms with Gasteiger partial charge in [0.1, 0.15) is 5.82 Å². The van der Waals surface area contributed by atoms with Crippen molar-refractivity contribution in [1.29, 1.82) is 0 Å². The lowest BCUT2D eigenvalue weighted by atomic mass is 9.90. The summed E-state index contributed by atoms with van der Waals surface area (Å²) in [5.41, 5.74) is -0.143. The smallest absolute Gasteiger partial charge is 0.110 e. The molecule has 0 saturated carbocycles. The van der Waals surface area contributed by atoms with Crippen molar-refractivity contribution >= 4 is 0 Å². The molecule has 0 aliphatic carbocycles. The maximum Gasteiger partial charge on any atom is 0.110 e. The molecule has 1 aromatic rings. The molecule has 1 aromatic heterocycles. The molecule has 0 aliphatic heterocycles. The molecule has 2 atom stereocenters. The Balaban J connectivity index is 2.80. The first kappa shape index (κ1) is 14.2. The van der Waals surface area contributed by atoms with Crippen molar-refractivity contribution in [2.24, 2.45) is 7.05 Å². The van der Waals surface area contributed by atoms with Crippen LogP contribution in [-0.4, -0.2) is 34.8 Å². The summed E-state index contributed by atoms with van der Waals surface area (Å²) in [5.74, 6) is 1.09. The van der Waals surface area contributed by atoms with Crippen molar-refractivity contribution in [2.75, 3.05) is 13.7 Å². The van der Waals surface area contributed by atoms with Gasteiger partial charge in [0.05, 0.1) is 5.60 Å². The Morgan fingerprint density at radius 1 is 1.53 bits per heavy atom. The van der Waals surface area contributed by atoms with E-state index in [9.17, 15) is 0 Å². The molecule has 0 bridgehead atoms. The largest absolute Gasteiger partial charge is 0.374 e. The van der Waals surface area contributed by atoms with Crippen LogP contribution in [0.15, 0.2) is 12.4 Å². The molecule has 0 aromatic carbocycles. The molecule has 0 fully saturated rings. The first-order chi connectivity index (χ1) is 8.07. The normalized spacial score (nSPS) is 16.8. The zero-order valence-electron chi connectivity index (χ0n) is 11.7. The van der Waals surface area contributed by atoms with E-state index in [-0.39, 0.29) is 11.6 Å². The number of hydrogen-bond donors (Lipinski definition) is 1. The van der Waals surface area contributed by atoms with E-state index in [1.807, 2.05) is 33.4 Å². The van der Waals surface area contributed by atoms with Gasteiger partial charge >= 0.3 is 0 Å². The number of imidazole rings is 1. The van der Waals surface area contributed by atoms with Crippen molar-refractivity contribution in [1.82, 2.24) is 14.9 Å². The van der Waals surface area contributed by atoms with Gasteiger partial charge in [-0.25, -0.2) is 4.98 Å². The first-order valence-corrected chi connectivity index (χ1v) is 6.34. The number of rotatable bonds is 7. The van der Waals surface area contributed by atoms with Crippen molar-refractivity contribution in [3.05, 3.63) is 18.2 Å². The third kappa shape index (κ3) is 3.30. The van der Waals surface area contributed by atoms with Gasteiger partial charge in [-0.15, -0.1) is 0 Å². The number of nitrogens with zero attached hydrogens (tertiary/aromatic N) is 2. The number of hydrogen-bond acceptors (Lipinski definition) is 3. The zero-order chi connectivity index (χ0) is 12.9. The summed E-state index contributed by atoms with van der Waals surface area (Å²) < 4.78 is 7.98. The standard InChI is InChI=1S/C13H25N3O/c1-6-13(3,17-7-2)11(14-4)10-12-15-8-9-16(12)5/h8-9,11,14H,6-7,10H2,1-5H3. The Hall–Kier alpha value is -0.870. The predicted octanol–water partition coefficient (Wildman–Crippen LogP) is 1.76. The highest BCUT2D eigenvalue weighted by Crippen LogP contribution is 2.22. The summed E-state index contributed by atoms with van der Waals surface area (Å²) >= 11 is 0. The van der Waals surface area contributed by atoms with E-state index < -0.39 is 0 Å². The average Bonchev–Trinajstić information content (AvgIpc) is 2.72. The van der Waals surface area contributed by atoms with E-state index in [4.69, 9.17) is 4.74 Å². The molecular weight excluding hydrogens is 214 g/mol. The lowest BCUT2D eigenvalue weighted by Gasteiger charge is -2.36. The van der Waals surface area contributed by atoms with Crippen molar-refractivity contribution in [3.63, 3.8) is 0 Å². The average molecular weight is 239 g/mol. The minimum Gasteiger partial charge on any atom is -0.374 e. The van der Waals surface area contributed by atoms with Crippen molar-refractivity contribution < 1.29 is 4.74 Å². The van der Waals surface area contributed by atoms with Crippen LogP contribution in [0, 0.1) is 0 Å². The van der Waals surface area contributed by atoms with E-state index in [0.29, 0.717) is 0 Å². The van der Waals surface area contributed by atoms with E-state index in [1.54, 1.807) is 0 Å². The minimum atomic E-state index is -0.143. The van der Waals surface area contributed by atoms with Gasteiger partial charge in [0, 0.05) is 38.5 Å². The molecule has 4 nitrogen and oxygen atoms in total. The quantitative estimate of drug-likeness (QED) is 0.788. The molecule has 0 aliphatic rings. The van der Waals surface area contributed by atoms with E-state index in [0.717, 1.165) is 25.3 Å². The van der Waals surface area contributed by atoms with E-state index in [1.165, 1.54) is 0 Å². The lowest BCUT2D eigenvalue weighted by Crippen LogP contribution is -2.50.